The summed E-state index contributed by atoms with van der Waals surface area (Å²) in [7, 11) is -2.11. The lowest BCUT2D eigenvalue weighted by molar-refractivity contribution is 0.467. The van der Waals surface area contributed by atoms with Gasteiger partial charge in [-0.05, 0) is 28.5 Å². The third-order valence-electron chi connectivity index (χ3n) is 2.46. The Kier molecular flexibility index (Phi) is 4.47. The molecule has 0 saturated heterocycles. The molecule has 0 aliphatic rings. The average Bonchev–Trinajstić information content (AvgIpc) is 2.85. The molecule has 0 radical (unpaired) electrons. The van der Waals surface area contributed by atoms with E-state index >= 15 is 0 Å². The molecular formula is C11H10Cl2N2O2S2. The summed E-state index contributed by atoms with van der Waals surface area (Å²) in [6, 6.07) is 3.18. The maximum absolute atomic E-state index is 12.3. The summed E-state index contributed by atoms with van der Waals surface area (Å²) in [6.45, 7) is 0.298. The third-order valence-corrected chi connectivity index (χ3v) is 5.65. The number of sulfonamides is 1. The Morgan fingerprint density at radius 2 is 2.16 bits per heavy atom. The van der Waals surface area contributed by atoms with Crippen molar-refractivity contribution in [1.82, 2.24) is 9.29 Å². The lowest BCUT2D eigenvalue weighted by Crippen LogP contribution is -2.26. The van der Waals surface area contributed by atoms with E-state index in [0.717, 1.165) is 5.56 Å². The Hall–Kier alpha value is -0.660. The molecule has 8 heteroatoms. The van der Waals surface area contributed by atoms with Crippen molar-refractivity contribution in [2.24, 2.45) is 0 Å². The monoisotopic (exact) mass is 336 g/mol. The summed E-state index contributed by atoms with van der Waals surface area (Å²) >= 11 is 13.0. The van der Waals surface area contributed by atoms with E-state index in [9.17, 15) is 8.42 Å². The zero-order valence-electron chi connectivity index (χ0n) is 9.88. The predicted octanol–water partition coefficient (Wildman–Crippen LogP) is 3.27. The minimum Gasteiger partial charge on any atom is -0.242 e. The number of halogens is 2. The van der Waals surface area contributed by atoms with Crippen molar-refractivity contribution in [2.75, 3.05) is 7.05 Å². The summed E-state index contributed by atoms with van der Waals surface area (Å²) in [5.74, 6) is 0. The van der Waals surface area contributed by atoms with Crippen LogP contribution >= 0.6 is 34.5 Å². The van der Waals surface area contributed by atoms with Crippen LogP contribution in [-0.2, 0) is 16.6 Å². The SMILES string of the molecule is CN(Cc1ccsc1)S(=O)(=O)c1cnc(Cl)c(Cl)c1. The minimum atomic E-state index is -3.62. The molecule has 2 aromatic heterocycles. The van der Waals surface area contributed by atoms with Gasteiger partial charge in [-0.15, -0.1) is 0 Å². The minimum absolute atomic E-state index is 0.0274. The highest BCUT2D eigenvalue weighted by Crippen LogP contribution is 2.24. The standard InChI is InChI=1S/C11H10Cl2N2O2S2/c1-15(6-8-2-3-18-7-8)19(16,17)9-4-10(12)11(13)14-5-9/h2-5,7H,6H2,1H3. The second kappa shape index (κ2) is 5.76. The first-order chi connectivity index (χ1) is 8.91. The predicted molar refractivity (Wildman–Crippen MR) is 77.2 cm³/mol. The van der Waals surface area contributed by atoms with E-state index in [4.69, 9.17) is 23.2 Å². The first kappa shape index (κ1) is 14.7. The largest absolute Gasteiger partial charge is 0.244 e. The van der Waals surface area contributed by atoms with Gasteiger partial charge in [-0.2, -0.15) is 15.6 Å². The Balaban J connectivity index is 2.28. The Morgan fingerprint density at radius 3 is 2.74 bits per heavy atom. The smallest absolute Gasteiger partial charge is 0.242 e. The van der Waals surface area contributed by atoms with Gasteiger partial charge in [0.25, 0.3) is 0 Å². The van der Waals surface area contributed by atoms with E-state index in [-0.39, 0.29) is 15.1 Å². The van der Waals surface area contributed by atoms with Crippen LogP contribution in [0.15, 0.2) is 34.0 Å². The van der Waals surface area contributed by atoms with Crippen LogP contribution in [0, 0.1) is 0 Å². The van der Waals surface area contributed by atoms with E-state index in [1.807, 2.05) is 16.8 Å². The third kappa shape index (κ3) is 3.27. The van der Waals surface area contributed by atoms with Crippen LogP contribution in [0.1, 0.15) is 5.56 Å². The molecule has 0 amide bonds. The zero-order chi connectivity index (χ0) is 14.0. The highest BCUT2D eigenvalue weighted by Gasteiger charge is 2.22. The van der Waals surface area contributed by atoms with Crippen molar-refractivity contribution in [3.63, 3.8) is 0 Å². The van der Waals surface area contributed by atoms with Crippen LogP contribution in [0.4, 0.5) is 0 Å². The number of thiophene rings is 1. The fourth-order valence-corrected chi connectivity index (χ4v) is 3.58. The van der Waals surface area contributed by atoms with E-state index in [0.29, 0.717) is 6.54 Å². The second-order valence-corrected chi connectivity index (χ2v) is 7.43. The van der Waals surface area contributed by atoms with E-state index < -0.39 is 10.0 Å². The molecule has 0 N–H and O–H groups in total. The summed E-state index contributed by atoms with van der Waals surface area (Å²) in [5.41, 5.74) is 0.934. The van der Waals surface area contributed by atoms with Gasteiger partial charge < -0.3 is 0 Å². The van der Waals surface area contributed by atoms with Crippen LogP contribution in [0.25, 0.3) is 0 Å². The summed E-state index contributed by atoms with van der Waals surface area (Å²) < 4.78 is 25.9. The van der Waals surface area contributed by atoms with Gasteiger partial charge >= 0.3 is 0 Å². The molecule has 0 unspecified atom stereocenters. The van der Waals surface area contributed by atoms with Crippen LogP contribution < -0.4 is 0 Å². The number of hydrogen-bond donors (Lipinski definition) is 0. The molecule has 102 valence electrons. The number of aromatic nitrogens is 1. The average molecular weight is 337 g/mol. The lowest BCUT2D eigenvalue weighted by Gasteiger charge is -2.16. The molecule has 0 aliphatic heterocycles. The van der Waals surface area contributed by atoms with Crippen molar-refractivity contribution in [2.45, 2.75) is 11.4 Å². The van der Waals surface area contributed by atoms with Gasteiger partial charge in [0.1, 0.15) is 10.0 Å². The molecule has 0 aromatic carbocycles. The molecule has 19 heavy (non-hydrogen) atoms. The highest BCUT2D eigenvalue weighted by atomic mass is 35.5. The molecule has 2 aromatic rings. The molecule has 0 bridgehead atoms. The molecule has 2 heterocycles. The van der Waals surface area contributed by atoms with Gasteiger partial charge in [-0.3, -0.25) is 0 Å². The van der Waals surface area contributed by atoms with Crippen LogP contribution in [0.3, 0.4) is 0 Å². The van der Waals surface area contributed by atoms with Gasteiger partial charge in [0, 0.05) is 19.8 Å². The van der Waals surface area contributed by atoms with Crippen LogP contribution in [0.2, 0.25) is 10.2 Å². The molecule has 0 fully saturated rings. The topological polar surface area (TPSA) is 50.3 Å². The summed E-state index contributed by atoms with van der Waals surface area (Å²) in [4.78, 5) is 3.78. The van der Waals surface area contributed by atoms with E-state index in [2.05, 4.69) is 4.98 Å². The van der Waals surface area contributed by atoms with Gasteiger partial charge in [-0.25, -0.2) is 13.4 Å². The van der Waals surface area contributed by atoms with Crippen molar-refractivity contribution < 1.29 is 8.42 Å². The van der Waals surface area contributed by atoms with Gasteiger partial charge in [-0.1, -0.05) is 23.2 Å². The zero-order valence-corrected chi connectivity index (χ0v) is 13.0. The summed E-state index contributed by atoms with van der Waals surface area (Å²) in [5, 5.41) is 4.00. The van der Waals surface area contributed by atoms with Crippen molar-refractivity contribution in [3.8, 4) is 0 Å². The Labute approximate surface area is 125 Å². The van der Waals surface area contributed by atoms with Crippen LogP contribution in [-0.4, -0.2) is 24.8 Å². The summed E-state index contributed by atoms with van der Waals surface area (Å²) in [6.07, 6.45) is 1.20. The van der Waals surface area contributed by atoms with Gasteiger partial charge in [0.05, 0.1) is 5.02 Å². The number of pyridine rings is 1. The van der Waals surface area contributed by atoms with E-state index in [1.54, 1.807) is 0 Å². The maximum atomic E-state index is 12.3. The Bertz CT molecular complexity index is 672. The van der Waals surface area contributed by atoms with Gasteiger partial charge in [0.15, 0.2) is 0 Å². The van der Waals surface area contributed by atoms with Crippen molar-refractivity contribution >= 4 is 44.6 Å². The maximum Gasteiger partial charge on any atom is 0.244 e. The Morgan fingerprint density at radius 1 is 1.42 bits per heavy atom. The number of hydrogen-bond acceptors (Lipinski definition) is 4. The van der Waals surface area contributed by atoms with E-state index in [1.165, 1.54) is 35.0 Å². The molecule has 0 saturated carbocycles. The normalized spacial score (nSPS) is 12.0. The molecule has 0 aliphatic carbocycles. The van der Waals surface area contributed by atoms with Gasteiger partial charge in [0.2, 0.25) is 10.0 Å². The number of nitrogens with zero attached hydrogens (tertiary/aromatic N) is 2. The quantitative estimate of drug-likeness (QED) is 0.805. The first-order valence-corrected chi connectivity index (χ1v) is 8.33. The fourth-order valence-electron chi connectivity index (χ4n) is 1.45. The van der Waals surface area contributed by atoms with Crippen LogP contribution in [0.5, 0.6) is 0 Å². The fraction of sp³-hybridized carbons (Fsp3) is 0.182. The first-order valence-electron chi connectivity index (χ1n) is 5.19. The molecule has 4 nitrogen and oxygen atoms in total. The lowest BCUT2D eigenvalue weighted by atomic mass is 10.3. The highest BCUT2D eigenvalue weighted by molar-refractivity contribution is 7.89. The molecule has 0 atom stereocenters. The molecule has 2 rings (SSSR count). The second-order valence-electron chi connectivity index (χ2n) is 3.84. The molecular weight excluding hydrogens is 327 g/mol. The molecule has 0 spiro atoms. The van der Waals surface area contributed by atoms with Crippen molar-refractivity contribution in [1.29, 1.82) is 0 Å². The van der Waals surface area contributed by atoms with Crippen molar-refractivity contribution in [3.05, 3.63) is 44.8 Å². The number of rotatable bonds is 4.